The predicted molar refractivity (Wildman–Crippen MR) is 76.0 cm³/mol. The van der Waals surface area contributed by atoms with E-state index in [-0.39, 0.29) is 12.2 Å². The van der Waals surface area contributed by atoms with E-state index in [1.807, 2.05) is 0 Å². The van der Waals surface area contributed by atoms with Crippen molar-refractivity contribution < 1.29 is 9.84 Å². The van der Waals surface area contributed by atoms with Crippen LogP contribution in [0.4, 0.5) is 0 Å². The van der Waals surface area contributed by atoms with Crippen molar-refractivity contribution in [1.82, 2.24) is 0 Å². The minimum absolute atomic E-state index is 0.0327. The van der Waals surface area contributed by atoms with E-state index in [9.17, 15) is 5.11 Å². The molecule has 1 aromatic heterocycles. The van der Waals surface area contributed by atoms with Gasteiger partial charge in [-0.05, 0) is 43.0 Å². The number of hydrogen-bond acceptors (Lipinski definition) is 3. The van der Waals surface area contributed by atoms with Gasteiger partial charge in [0.2, 0.25) is 0 Å². The van der Waals surface area contributed by atoms with Gasteiger partial charge in [0, 0.05) is 12.0 Å². The molecule has 0 spiro atoms. The molecule has 0 bridgehead atoms. The summed E-state index contributed by atoms with van der Waals surface area (Å²) in [7, 11) is 1.74. The molecule has 1 saturated carbocycles. The molecule has 2 unspecified atom stereocenters. The molecule has 0 radical (unpaired) electrons. The summed E-state index contributed by atoms with van der Waals surface area (Å²) in [5, 5.41) is 12.4. The summed E-state index contributed by atoms with van der Waals surface area (Å²) >= 11 is 1.77. The molecule has 2 atom stereocenters. The Kier molecular flexibility index (Phi) is 5.67. The summed E-state index contributed by atoms with van der Waals surface area (Å²) in [5.74, 6) is 0.557. The fourth-order valence-electron chi connectivity index (χ4n) is 3.04. The standard InChI is InChI=1S/C15H24O2S/c1-17-15(12-6-3-2-4-7-12)14(16)10-9-13-8-5-11-18-13/h5,8,11-12,14-16H,2-4,6-7,9-10H2,1H3. The summed E-state index contributed by atoms with van der Waals surface area (Å²) < 4.78 is 5.57. The van der Waals surface area contributed by atoms with Crippen LogP contribution in [0.1, 0.15) is 43.4 Å². The van der Waals surface area contributed by atoms with Crippen LogP contribution in [0.25, 0.3) is 0 Å². The Bertz CT molecular complexity index is 317. The second-order valence-electron chi connectivity index (χ2n) is 5.28. The summed E-state index contributed by atoms with van der Waals surface area (Å²) in [6, 6.07) is 4.21. The van der Waals surface area contributed by atoms with Gasteiger partial charge in [-0.25, -0.2) is 0 Å². The summed E-state index contributed by atoms with van der Waals surface area (Å²) in [6.45, 7) is 0. The van der Waals surface area contributed by atoms with Crippen LogP contribution in [-0.4, -0.2) is 24.4 Å². The molecule has 1 N–H and O–H groups in total. The van der Waals surface area contributed by atoms with Gasteiger partial charge in [0.25, 0.3) is 0 Å². The molecular weight excluding hydrogens is 244 g/mol. The molecule has 18 heavy (non-hydrogen) atoms. The van der Waals surface area contributed by atoms with Crippen LogP contribution in [-0.2, 0) is 11.2 Å². The third kappa shape index (κ3) is 3.81. The second kappa shape index (κ2) is 7.27. The van der Waals surface area contributed by atoms with Crippen molar-refractivity contribution in [2.75, 3.05) is 7.11 Å². The van der Waals surface area contributed by atoms with Crippen LogP contribution in [0.2, 0.25) is 0 Å². The lowest BCUT2D eigenvalue weighted by molar-refractivity contribution is -0.0567. The Morgan fingerprint density at radius 3 is 2.78 bits per heavy atom. The first-order chi connectivity index (χ1) is 8.81. The molecule has 3 heteroatoms. The summed E-state index contributed by atoms with van der Waals surface area (Å²) in [5.41, 5.74) is 0. The number of methoxy groups -OCH3 is 1. The van der Waals surface area contributed by atoms with Gasteiger partial charge in [-0.15, -0.1) is 11.3 Å². The van der Waals surface area contributed by atoms with Crippen LogP contribution in [0.5, 0.6) is 0 Å². The van der Waals surface area contributed by atoms with Crippen LogP contribution in [0.3, 0.4) is 0 Å². The van der Waals surface area contributed by atoms with E-state index in [1.54, 1.807) is 18.4 Å². The third-order valence-electron chi connectivity index (χ3n) is 4.03. The molecule has 0 amide bonds. The van der Waals surface area contributed by atoms with E-state index < -0.39 is 0 Å². The van der Waals surface area contributed by atoms with Crippen molar-refractivity contribution in [2.24, 2.45) is 5.92 Å². The summed E-state index contributed by atoms with van der Waals surface area (Å²) in [6.07, 6.45) is 7.86. The Balaban J connectivity index is 1.82. The maximum Gasteiger partial charge on any atom is 0.0858 e. The maximum atomic E-state index is 10.3. The van der Waals surface area contributed by atoms with Crippen LogP contribution >= 0.6 is 11.3 Å². The number of aliphatic hydroxyl groups excluding tert-OH is 1. The normalized spacial score (nSPS) is 20.8. The van der Waals surface area contributed by atoms with Crippen molar-refractivity contribution >= 4 is 11.3 Å². The Hall–Kier alpha value is -0.380. The largest absolute Gasteiger partial charge is 0.390 e. The summed E-state index contributed by atoms with van der Waals surface area (Å²) in [4.78, 5) is 1.35. The van der Waals surface area contributed by atoms with Gasteiger partial charge in [0.05, 0.1) is 12.2 Å². The molecule has 1 fully saturated rings. The minimum atomic E-state index is -0.319. The monoisotopic (exact) mass is 268 g/mol. The quantitative estimate of drug-likeness (QED) is 0.853. The smallest absolute Gasteiger partial charge is 0.0858 e. The Morgan fingerprint density at radius 1 is 1.39 bits per heavy atom. The topological polar surface area (TPSA) is 29.5 Å². The lowest BCUT2D eigenvalue weighted by atomic mass is 9.82. The first-order valence-electron chi connectivity index (χ1n) is 7.04. The third-order valence-corrected chi connectivity index (χ3v) is 4.97. The van der Waals surface area contributed by atoms with Gasteiger partial charge >= 0.3 is 0 Å². The number of hydrogen-bond donors (Lipinski definition) is 1. The highest BCUT2D eigenvalue weighted by molar-refractivity contribution is 7.09. The molecule has 1 aromatic rings. The van der Waals surface area contributed by atoms with Crippen molar-refractivity contribution in [3.63, 3.8) is 0 Å². The van der Waals surface area contributed by atoms with Gasteiger partial charge < -0.3 is 9.84 Å². The van der Waals surface area contributed by atoms with E-state index in [0.29, 0.717) is 5.92 Å². The average molecular weight is 268 g/mol. The van der Waals surface area contributed by atoms with Gasteiger partial charge in [-0.2, -0.15) is 0 Å². The lowest BCUT2D eigenvalue weighted by Crippen LogP contribution is -2.36. The number of aliphatic hydroxyl groups is 1. The highest BCUT2D eigenvalue weighted by Crippen LogP contribution is 2.30. The van der Waals surface area contributed by atoms with Gasteiger partial charge in [0.15, 0.2) is 0 Å². The molecule has 2 rings (SSSR count). The first kappa shape index (κ1) is 14.0. The van der Waals surface area contributed by atoms with Crippen molar-refractivity contribution in [3.8, 4) is 0 Å². The SMILES string of the molecule is COC(C(O)CCc1cccs1)C1CCCCC1. The molecular formula is C15H24O2S. The van der Waals surface area contributed by atoms with Crippen LogP contribution < -0.4 is 0 Å². The molecule has 1 aliphatic rings. The Labute approximate surface area is 114 Å². The van der Waals surface area contributed by atoms with Crippen LogP contribution in [0, 0.1) is 5.92 Å². The number of aryl methyl sites for hydroxylation is 1. The highest BCUT2D eigenvalue weighted by atomic mass is 32.1. The fourth-order valence-corrected chi connectivity index (χ4v) is 3.76. The minimum Gasteiger partial charge on any atom is -0.390 e. The van der Waals surface area contributed by atoms with E-state index in [0.717, 1.165) is 12.8 Å². The van der Waals surface area contributed by atoms with E-state index in [2.05, 4.69) is 17.5 Å². The number of ether oxygens (including phenoxy) is 1. The second-order valence-corrected chi connectivity index (χ2v) is 6.32. The molecule has 1 aliphatic carbocycles. The van der Waals surface area contributed by atoms with Crippen molar-refractivity contribution in [3.05, 3.63) is 22.4 Å². The molecule has 2 nitrogen and oxygen atoms in total. The molecule has 1 heterocycles. The lowest BCUT2D eigenvalue weighted by Gasteiger charge is -2.32. The molecule has 0 saturated heterocycles. The maximum absolute atomic E-state index is 10.3. The average Bonchev–Trinajstić information content (AvgIpc) is 2.92. The van der Waals surface area contributed by atoms with Gasteiger partial charge in [0.1, 0.15) is 0 Å². The van der Waals surface area contributed by atoms with Crippen molar-refractivity contribution in [1.29, 1.82) is 0 Å². The highest BCUT2D eigenvalue weighted by Gasteiger charge is 2.29. The van der Waals surface area contributed by atoms with E-state index >= 15 is 0 Å². The fraction of sp³-hybridized carbons (Fsp3) is 0.733. The zero-order valence-electron chi connectivity index (χ0n) is 11.2. The predicted octanol–water partition coefficient (Wildman–Crippen LogP) is 3.64. The zero-order valence-corrected chi connectivity index (χ0v) is 12.0. The van der Waals surface area contributed by atoms with Gasteiger partial charge in [-0.3, -0.25) is 0 Å². The van der Waals surface area contributed by atoms with Crippen molar-refractivity contribution in [2.45, 2.75) is 57.2 Å². The number of rotatable bonds is 6. The molecule has 0 aromatic carbocycles. The molecule has 102 valence electrons. The Morgan fingerprint density at radius 2 is 2.17 bits per heavy atom. The first-order valence-corrected chi connectivity index (χ1v) is 7.92. The van der Waals surface area contributed by atoms with Gasteiger partial charge in [-0.1, -0.05) is 25.3 Å². The number of thiophene rings is 1. The zero-order chi connectivity index (χ0) is 12.8. The van der Waals surface area contributed by atoms with E-state index in [4.69, 9.17) is 4.74 Å². The van der Waals surface area contributed by atoms with Crippen LogP contribution in [0.15, 0.2) is 17.5 Å². The molecule has 0 aliphatic heterocycles. The van der Waals surface area contributed by atoms with E-state index in [1.165, 1.54) is 37.0 Å².